The molecule has 0 saturated heterocycles. The maximum absolute atomic E-state index is 11.6. The summed E-state index contributed by atoms with van der Waals surface area (Å²) in [6.07, 6.45) is 1.37. The predicted octanol–water partition coefficient (Wildman–Crippen LogP) is 1.93. The molecule has 108 valence electrons. The number of para-hydroxylation sites is 2. The zero-order chi connectivity index (χ0) is 14.2. The van der Waals surface area contributed by atoms with Gasteiger partial charge in [0.25, 0.3) is 5.89 Å². The van der Waals surface area contributed by atoms with Crippen molar-refractivity contribution in [1.29, 1.82) is 0 Å². The molecule has 2 aromatic rings. The molecule has 1 amide bonds. The molecular weight excluding hydrogens is 274 g/mol. The Labute approximate surface area is 120 Å². The summed E-state index contributed by atoms with van der Waals surface area (Å²) >= 11 is 0. The molecule has 7 heteroatoms. The number of aromatic nitrogens is 2. The quantitative estimate of drug-likeness (QED) is 0.928. The highest BCUT2D eigenvalue weighted by atomic mass is 16.6. The molecular formula is C14H13N3O4. The van der Waals surface area contributed by atoms with Crippen molar-refractivity contribution in [3.05, 3.63) is 30.2 Å². The van der Waals surface area contributed by atoms with Crippen molar-refractivity contribution < 1.29 is 18.7 Å². The molecule has 4 rings (SSSR count). The molecule has 1 aliphatic carbocycles. The van der Waals surface area contributed by atoms with E-state index in [0.29, 0.717) is 11.5 Å². The molecule has 1 fully saturated rings. The largest absolute Gasteiger partial charge is 0.485 e. The van der Waals surface area contributed by atoms with Crippen molar-refractivity contribution >= 4 is 11.9 Å². The number of ether oxygens (including phenoxy) is 2. The first-order chi connectivity index (χ1) is 10.3. The lowest BCUT2D eigenvalue weighted by Gasteiger charge is -2.23. The zero-order valence-electron chi connectivity index (χ0n) is 11.1. The van der Waals surface area contributed by atoms with Crippen LogP contribution in [0.1, 0.15) is 24.8 Å². The van der Waals surface area contributed by atoms with E-state index in [0.717, 1.165) is 12.8 Å². The van der Waals surface area contributed by atoms with Crippen LogP contribution in [0.15, 0.2) is 28.7 Å². The minimum Gasteiger partial charge on any atom is -0.485 e. The fourth-order valence-electron chi connectivity index (χ4n) is 2.11. The van der Waals surface area contributed by atoms with E-state index in [1.807, 2.05) is 24.3 Å². The van der Waals surface area contributed by atoms with Crippen molar-refractivity contribution in [2.75, 3.05) is 11.9 Å². The van der Waals surface area contributed by atoms with Crippen LogP contribution < -0.4 is 14.8 Å². The second-order valence-corrected chi connectivity index (χ2v) is 5.07. The molecule has 1 unspecified atom stereocenters. The lowest BCUT2D eigenvalue weighted by molar-refractivity contribution is -0.117. The number of nitrogens with one attached hydrogen (secondary N) is 1. The smallest absolute Gasteiger partial charge is 0.322 e. The standard InChI is InChI=1S/C14H13N3O4/c18-12(8-5-6-8)15-14-17-16-13(21-14)11-7-19-9-3-1-2-4-10(9)20-11/h1-4,8,11H,5-7H2,(H,15,17,18). The first-order valence-electron chi connectivity index (χ1n) is 6.82. The number of anilines is 1. The SMILES string of the molecule is O=C(Nc1nnc(C2COc3ccccc3O2)o1)C1CC1. The van der Waals surface area contributed by atoms with E-state index in [9.17, 15) is 4.79 Å². The fraction of sp³-hybridized carbons (Fsp3) is 0.357. The van der Waals surface area contributed by atoms with Crippen LogP contribution in [0.3, 0.4) is 0 Å². The molecule has 7 nitrogen and oxygen atoms in total. The van der Waals surface area contributed by atoms with Gasteiger partial charge in [-0.2, -0.15) is 0 Å². The first kappa shape index (κ1) is 12.2. The second kappa shape index (κ2) is 4.76. The normalized spacial score (nSPS) is 20.1. The molecule has 1 atom stereocenters. The molecule has 2 aliphatic rings. The third-order valence-electron chi connectivity index (χ3n) is 3.40. The third kappa shape index (κ3) is 2.42. The second-order valence-electron chi connectivity index (χ2n) is 5.07. The van der Waals surface area contributed by atoms with E-state index in [1.54, 1.807) is 0 Å². The van der Waals surface area contributed by atoms with Gasteiger partial charge in [0.1, 0.15) is 6.61 Å². The number of nitrogens with zero attached hydrogens (tertiary/aromatic N) is 2. The average Bonchev–Trinajstić information content (AvgIpc) is 3.27. The van der Waals surface area contributed by atoms with Gasteiger partial charge in [0, 0.05) is 5.92 Å². The summed E-state index contributed by atoms with van der Waals surface area (Å²) in [6, 6.07) is 7.48. The summed E-state index contributed by atoms with van der Waals surface area (Å²) in [4.78, 5) is 11.6. The molecule has 2 heterocycles. The van der Waals surface area contributed by atoms with Gasteiger partial charge >= 0.3 is 6.01 Å². The lowest BCUT2D eigenvalue weighted by atomic mass is 10.2. The number of benzene rings is 1. The summed E-state index contributed by atoms with van der Waals surface area (Å²) in [6.45, 7) is 0.287. The minimum absolute atomic E-state index is 0.0728. The number of hydrogen-bond acceptors (Lipinski definition) is 6. The number of amides is 1. The van der Waals surface area contributed by atoms with Gasteiger partial charge in [-0.1, -0.05) is 17.2 Å². The van der Waals surface area contributed by atoms with Crippen LogP contribution in [0.5, 0.6) is 11.5 Å². The van der Waals surface area contributed by atoms with E-state index in [-0.39, 0.29) is 30.3 Å². The van der Waals surface area contributed by atoms with E-state index in [1.165, 1.54) is 0 Å². The van der Waals surface area contributed by atoms with E-state index in [2.05, 4.69) is 15.5 Å². The Morgan fingerprint density at radius 1 is 1.19 bits per heavy atom. The zero-order valence-corrected chi connectivity index (χ0v) is 11.1. The Morgan fingerprint density at radius 2 is 2.00 bits per heavy atom. The Morgan fingerprint density at radius 3 is 2.81 bits per heavy atom. The van der Waals surface area contributed by atoms with Crippen LogP contribution in [0.2, 0.25) is 0 Å². The van der Waals surface area contributed by atoms with Crippen molar-refractivity contribution in [1.82, 2.24) is 10.2 Å². The monoisotopic (exact) mass is 287 g/mol. The van der Waals surface area contributed by atoms with Crippen molar-refractivity contribution in [2.45, 2.75) is 18.9 Å². The van der Waals surface area contributed by atoms with Gasteiger partial charge < -0.3 is 13.9 Å². The van der Waals surface area contributed by atoms with Crippen LogP contribution >= 0.6 is 0 Å². The van der Waals surface area contributed by atoms with Gasteiger partial charge in [-0.15, -0.1) is 5.10 Å². The Balaban J connectivity index is 1.47. The minimum atomic E-state index is -0.473. The first-order valence-corrected chi connectivity index (χ1v) is 6.82. The number of carbonyl (C=O) groups is 1. The van der Waals surface area contributed by atoms with Gasteiger partial charge in [-0.05, 0) is 25.0 Å². The summed E-state index contributed by atoms with van der Waals surface area (Å²) in [7, 11) is 0. The van der Waals surface area contributed by atoms with Gasteiger partial charge in [0.2, 0.25) is 12.0 Å². The van der Waals surface area contributed by atoms with Crippen LogP contribution in [0.25, 0.3) is 0 Å². The van der Waals surface area contributed by atoms with Gasteiger partial charge in [-0.25, -0.2) is 0 Å². The topological polar surface area (TPSA) is 86.5 Å². The maximum atomic E-state index is 11.6. The van der Waals surface area contributed by atoms with E-state index in [4.69, 9.17) is 13.9 Å². The summed E-state index contributed by atoms with van der Waals surface area (Å²) < 4.78 is 16.8. The Hall–Kier alpha value is -2.57. The van der Waals surface area contributed by atoms with Gasteiger partial charge in [0.15, 0.2) is 11.5 Å². The summed E-state index contributed by atoms with van der Waals surface area (Å²) in [5, 5.41) is 10.3. The predicted molar refractivity (Wildman–Crippen MR) is 71.0 cm³/mol. The highest BCUT2D eigenvalue weighted by molar-refractivity contribution is 5.92. The third-order valence-corrected chi connectivity index (χ3v) is 3.40. The number of hydrogen-bond donors (Lipinski definition) is 1. The summed E-state index contributed by atoms with van der Waals surface area (Å²) in [5.41, 5.74) is 0. The van der Waals surface area contributed by atoms with Crippen LogP contribution in [-0.4, -0.2) is 22.7 Å². The van der Waals surface area contributed by atoms with Gasteiger partial charge in [0.05, 0.1) is 0 Å². The van der Waals surface area contributed by atoms with Crippen molar-refractivity contribution in [3.63, 3.8) is 0 Å². The molecule has 0 spiro atoms. The molecule has 1 aromatic heterocycles. The highest BCUT2D eigenvalue weighted by Gasteiger charge is 2.32. The van der Waals surface area contributed by atoms with Crippen LogP contribution in [0, 0.1) is 5.92 Å². The number of fused-ring (bicyclic) bond motifs is 1. The number of rotatable bonds is 3. The lowest BCUT2D eigenvalue weighted by Crippen LogP contribution is -2.21. The molecule has 21 heavy (non-hydrogen) atoms. The molecule has 0 radical (unpaired) electrons. The number of carbonyl (C=O) groups excluding carboxylic acids is 1. The van der Waals surface area contributed by atoms with Crippen molar-refractivity contribution in [3.8, 4) is 11.5 Å². The van der Waals surface area contributed by atoms with Gasteiger partial charge in [-0.3, -0.25) is 10.1 Å². The average molecular weight is 287 g/mol. The molecule has 1 saturated carbocycles. The molecule has 0 bridgehead atoms. The summed E-state index contributed by atoms with van der Waals surface area (Å²) in [5.74, 6) is 1.62. The van der Waals surface area contributed by atoms with E-state index >= 15 is 0 Å². The van der Waals surface area contributed by atoms with Crippen molar-refractivity contribution in [2.24, 2.45) is 5.92 Å². The Bertz CT molecular complexity index is 680. The highest BCUT2D eigenvalue weighted by Crippen LogP contribution is 2.36. The molecule has 1 aliphatic heterocycles. The van der Waals surface area contributed by atoms with E-state index < -0.39 is 6.10 Å². The van der Waals surface area contributed by atoms with Crippen LogP contribution in [0.4, 0.5) is 6.01 Å². The molecule has 1 aromatic carbocycles. The van der Waals surface area contributed by atoms with Crippen LogP contribution in [-0.2, 0) is 4.79 Å². The fourth-order valence-corrected chi connectivity index (χ4v) is 2.11. The Kier molecular flexibility index (Phi) is 2.77. The maximum Gasteiger partial charge on any atom is 0.322 e. The molecule has 1 N–H and O–H groups in total.